The molecule has 1 atom stereocenters. The minimum atomic E-state index is 0.366. The first kappa shape index (κ1) is 12.0. The van der Waals surface area contributed by atoms with E-state index in [1.54, 1.807) is 0 Å². The summed E-state index contributed by atoms with van der Waals surface area (Å²) in [5, 5.41) is 0. The topological polar surface area (TPSA) is 0 Å². The lowest BCUT2D eigenvalue weighted by Crippen LogP contribution is -1.99. The van der Waals surface area contributed by atoms with Crippen LogP contribution in [0, 0.1) is 0 Å². The molecule has 0 N–H and O–H groups in total. The van der Waals surface area contributed by atoms with Gasteiger partial charge in [0.15, 0.2) is 0 Å². The van der Waals surface area contributed by atoms with Crippen molar-refractivity contribution in [1.82, 2.24) is 0 Å². The van der Waals surface area contributed by atoms with Gasteiger partial charge in [0, 0.05) is 0 Å². The van der Waals surface area contributed by atoms with E-state index in [9.17, 15) is 0 Å². The number of hydrogen-bond donors (Lipinski definition) is 0. The lowest BCUT2D eigenvalue weighted by atomic mass is 9.93. The molecule has 1 aliphatic carbocycles. The van der Waals surface area contributed by atoms with Crippen LogP contribution in [-0.2, 0) is 12.8 Å². The molecule has 18 heavy (non-hydrogen) atoms. The Kier molecular flexibility index (Phi) is 3.03. The second kappa shape index (κ2) is 4.55. The predicted molar refractivity (Wildman–Crippen MR) is 81.4 cm³/mol. The zero-order chi connectivity index (χ0) is 12.7. The molecule has 3 rings (SSSR count). The van der Waals surface area contributed by atoms with Crippen molar-refractivity contribution in [2.75, 3.05) is 0 Å². The fraction of sp³-hybridized carbons (Fsp3) is 0.294. The van der Waals surface area contributed by atoms with E-state index in [0.717, 1.165) is 12.8 Å². The SMILES string of the molecule is CCc1ccc2c(c1CC)C(Br)c1ccccc1-2. The molecule has 0 spiro atoms. The minimum absolute atomic E-state index is 0.366. The molecule has 1 unspecified atom stereocenters. The molecule has 0 amide bonds. The van der Waals surface area contributed by atoms with Crippen LogP contribution >= 0.6 is 15.9 Å². The molecule has 0 heterocycles. The Morgan fingerprint density at radius 1 is 0.944 bits per heavy atom. The first-order valence-corrected chi connectivity index (χ1v) is 7.57. The van der Waals surface area contributed by atoms with Crippen molar-refractivity contribution in [3.63, 3.8) is 0 Å². The number of halogens is 1. The second-order valence-corrected chi connectivity index (χ2v) is 5.74. The van der Waals surface area contributed by atoms with E-state index in [4.69, 9.17) is 0 Å². The number of benzene rings is 2. The summed E-state index contributed by atoms with van der Waals surface area (Å²) in [6, 6.07) is 13.3. The third kappa shape index (κ3) is 1.57. The van der Waals surface area contributed by atoms with Gasteiger partial charge in [0.1, 0.15) is 0 Å². The standard InChI is InChI=1S/C17H17Br/c1-3-11-9-10-14-13-7-5-6-8-15(13)17(18)16(14)12(11)4-2/h5-10,17H,3-4H2,1-2H3. The average Bonchev–Trinajstić information content (AvgIpc) is 2.72. The van der Waals surface area contributed by atoms with Gasteiger partial charge in [-0.15, -0.1) is 0 Å². The van der Waals surface area contributed by atoms with Crippen molar-refractivity contribution in [2.45, 2.75) is 31.5 Å². The van der Waals surface area contributed by atoms with Crippen LogP contribution in [-0.4, -0.2) is 0 Å². The van der Waals surface area contributed by atoms with Gasteiger partial charge in [-0.25, -0.2) is 0 Å². The van der Waals surface area contributed by atoms with E-state index < -0.39 is 0 Å². The monoisotopic (exact) mass is 300 g/mol. The van der Waals surface area contributed by atoms with E-state index in [-0.39, 0.29) is 0 Å². The molecule has 0 fully saturated rings. The Morgan fingerprint density at radius 2 is 1.72 bits per heavy atom. The number of alkyl halides is 1. The summed E-state index contributed by atoms with van der Waals surface area (Å²) in [6.45, 7) is 4.50. The maximum atomic E-state index is 3.89. The Balaban J connectivity index is 2.30. The summed E-state index contributed by atoms with van der Waals surface area (Å²) in [5.74, 6) is 0. The summed E-state index contributed by atoms with van der Waals surface area (Å²) >= 11 is 3.89. The van der Waals surface area contributed by atoms with Crippen molar-refractivity contribution in [1.29, 1.82) is 0 Å². The largest absolute Gasteiger partial charge is 0.0786 e. The highest BCUT2D eigenvalue weighted by molar-refractivity contribution is 9.09. The fourth-order valence-electron chi connectivity index (χ4n) is 3.10. The normalized spacial score (nSPS) is 16.5. The molecule has 0 bridgehead atoms. The summed E-state index contributed by atoms with van der Waals surface area (Å²) in [6.07, 6.45) is 2.23. The van der Waals surface area contributed by atoms with Crippen LogP contribution in [0.2, 0.25) is 0 Å². The van der Waals surface area contributed by atoms with E-state index in [2.05, 4.69) is 66.2 Å². The first-order chi connectivity index (χ1) is 8.77. The van der Waals surface area contributed by atoms with Crippen LogP contribution in [0.1, 0.15) is 40.9 Å². The van der Waals surface area contributed by atoms with Crippen LogP contribution < -0.4 is 0 Å². The average molecular weight is 301 g/mol. The first-order valence-electron chi connectivity index (χ1n) is 6.65. The molecule has 0 aliphatic heterocycles. The molecule has 0 nitrogen and oxygen atoms in total. The number of aryl methyl sites for hydroxylation is 1. The molecule has 0 aromatic heterocycles. The number of fused-ring (bicyclic) bond motifs is 3. The van der Waals surface area contributed by atoms with Crippen LogP contribution in [0.25, 0.3) is 11.1 Å². The maximum Gasteiger partial charge on any atom is 0.0659 e. The quantitative estimate of drug-likeness (QED) is 0.662. The summed E-state index contributed by atoms with van der Waals surface area (Å²) in [7, 11) is 0. The Bertz CT molecular complexity index is 599. The van der Waals surface area contributed by atoms with Gasteiger partial charge in [0.2, 0.25) is 0 Å². The molecule has 2 aromatic rings. The van der Waals surface area contributed by atoms with Crippen LogP contribution in [0.4, 0.5) is 0 Å². The maximum absolute atomic E-state index is 3.89. The molecule has 1 aliphatic rings. The Morgan fingerprint density at radius 3 is 2.44 bits per heavy atom. The van der Waals surface area contributed by atoms with Gasteiger partial charge >= 0.3 is 0 Å². The van der Waals surface area contributed by atoms with Crippen LogP contribution in [0.3, 0.4) is 0 Å². The van der Waals surface area contributed by atoms with Gasteiger partial charge in [0.05, 0.1) is 4.83 Å². The van der Waals surface area contributed by atoms with Crippen LogP contribution in [0.5, 0.6) is 0 Å². The molecule has 0 saturated carbocycles. The van der Waals surface area contributed by atoms with Gasteiger partial charge in [-0.1, -0.05) is 66.2 Å². The lowest BCUT2D eigenvalue weighted by Gasteiger charge is -2.14. The highest BCUT2D eigenvalue weighted by atomic mass is 79.9. The fourth-order valence-corrected chi connectivity index (χ4v) is 4.02. The molecular weight excluding hydrogens is 284 g/mol. The summed E-state index contributed by atoms with van der Waals surface area (Å²) in [5.41, 5.74) is 8.75. The number of hydrogen-bond acceptors (Lipinski definition) is 0. The van der Waals surface area contributed by atoms with E-state index >= 15 is 0 Å². The van der Waals surface area contributed by atoms with Gasteiger partial charge in [-0.05, 0) is 46.2 Å². The van der Waals surface area contributed by atoms with Crippen molar-refractivity contribution in [3.05, 3.63) is 58.7 Å². The second-order valence-electron chi connectivity index (χ2n) is 4.82. The van der Waals surface area contributed by atoms with Crippen molar-refractivity contribution < 1.29 is 0 Å². The van der Waals surface area contributed by atoms with Gasteiger partial charge in [-0.2, -0.15) is 0 Å². The summed E-state index contributed by atoms with van der Waals surface area (Å²) in [4.78, 5) is 0.366. The molecule has 0 radical (unpaired) electrons. The van der Waals surface area contributed by atoms with Crippen LogP contribution in [0.15, 0.2) is 36.4 Å². The lowest BCUT2D eigenvalue weighted by molar-refractivity contribution is 1.01. The zero-order valence-electron chi connectivity index (χ0n) is 10.8. The van der Waals surface area contributed by atoms with E-state index in [1.165, 1.54) is 33.4 Å². The number of rotatable bonds is 2. The molecule has 1 heteroatoms. The summed E-state index contributed by atoms with van der Waals surface area (Å²) < 4.78 is 0. The third-order valence-electron chi connectivity index (χ3n) is 3.97. The van der Waals surface area contributed by atoms with Gasteiger partial charge in [0.25, 0.3) is 0 Å². The smallest absolute Gasteiger partial charge is 0.0659 e. The Labute approximate surface area is 117 Å². The zero-order valence-corrected chi connectivity index (χ0v) is 12.4. The van der Waals surface area contributed by atoms with Crippen molar-refractivity contribution in [3.8, 4) is 11.1 Å². The highest BCUT2D eigenvalue weighted by Gasteiger charge is 2.28. The molecule has 0 saturated heterocycles. The van der Waals surface area contributed by atoms with Crippen molar-refractivity contribution >= 4 is 15.9 Å². The molecule has 2 aromatic carbocycles. The third-order valence-corrected chi connectivity index (χ3v) is 4.92. The minimum Gasteiger partial charge on any atom is -0.0786 e. The van der Waals surface area contributed by atoms with Crippen molar-refractivity contribution in [2.24, 2.45) is 0 Å². The molecule has 92 valence electrons. The Hall–Kier alpha value is -1.08. The highest BCUT2D eigenvalue weighted by Crippen LogP contribution is 2.49. The van der Waals surface area contributed by atoms with Gasteiger partial charge in [-0.3, -0.25) is 0 Å². The molecular formula is C17H17Br. The van der Waals surface area contributed by atoms with E-state index in [1.807, 2.05) is 0 Å². The van der Waals surface area contributed by atoms with Gasteiger partial charge < -0.3 is 0 Å². The predicted octanol–water partition coefficient (Wildman–Crippen LogP) is 5.28. The van der Waals surface area contributed by atoms with E-state index in [0.29, 0.717) is 4.83 Å².